The van der Waals surface area contributed by atoms with Gasteiger partial charge in [0.2, 0.25) is 0 Å². The highest BCUT2D eigenvalue weighted by molar-refractivity contribution is 6.32. The number of ether oxygens (including phenoxy) is 1. The summed E-state index contributed by atoms with van der Waals surface area (Å²) in [6.45, 7) is 7.75. The van der Waals surface area contributed by atoms with Crippen molar-refractivity contribution in [3.05, 3.63) is 64.7 Å². The van der Waals surface area contributed by atoms with E-state index >= 15 is 0 Å². The molecule has 0 spiro atoms. The smallest absolute Gasteiger partial charge is 0.138 e. The Morgan fingerprint density at radius 3 is 2.29 bits per heavy atom. The third-order valence-electron chi connectivity index (χ3n) is 7.52. The van der Waals surface area contributed by atoms with E-state index in [4.69, 9.17) is 16.3 Å². The molecule has 4 nitrogen and oxygen atoms in total. The van der Waals surface area contributed by atoms with Crippen molar-refractivity contribution in [3.8, 4) is 5.75 Å². The highest BCUT2D eigenvalue weighted by Gasteiger charge is 2.40. The lowest BCUT2D eigenvalue weighted by atomic mass is 9.72. The standard InChI is InChI=1S/C29H43ClN2O2/c1-5-25(31(3)4)20-32(6-2)21-26(29(33)17-11-8-12-18-29)24-15-16-28(27(30)19-24)34-22-23-13-9-7-10-14-23/h7,9-10,13-16,19,25-26,33H,5-6,8,11-12,17-18,20-22H2,1-4H3/t25-,26?/m1/s1. The molecule has 1 aliphatic rings. The largest absolute Gasteiger partial charge is 0.487 e. The summed E-state index contributed by atoms with van der Waals surface area (Å²) in [5, 5.41) is 12.4. The molecule has 2 atom stereocenters. The molecule has 0 bridgehead atoms. The summed E-state index contributed by atoms with van der Waals surface area (Å²) in [4.78, 5) is 4.81. The van der Waals surface area contributed by atoms with E-state index in [0.717, 1.165) is 62.9 Å². The third-order valence-corrected chi connectivity index (χ3v) is 7.82. The van der Waals surface area contributed by atoms with Gasteiger partial charge in [0, 0.05) is 25.0 Å². The monoisotopic (exact) mass is 486 g/mol. The Bertz CT molecular complexity index is 868. The maximum atomic E-state index is 11.8. The first-order valence-electron chi connectivity index (χ1n) is 12.9. The lowest BCUT2D eigenvalue weighted by Gasteiger charge is -2.42. The highest BCUT2D eigenvalue weighted by Crippen LogP contribution is 2.42. The summed E-state index contributed by atoms with van der Waals surface area (Å²) in [7, 11) is 4.31. The van der Waals surface area contributed by atoms with Gasteiger partial charge < -0.3 is 19.6 Å². The molecule has 0 amide bonds. The van der Waals surface area contributed by atoms with Gasteiger partial charge in [0.15, 0.2) is 0 Å². The van der Waals surface area contributed by atoms with Gasteiger partial charge in [-0.2, -0.15) is 0 Å². The zero-order valence-corrected chi connectivity index (χ0v) is 22.2. The van der Waals surface area contributed by atoms with Gasteiger partial charge in [-0.3, -0.25) is 0 Å². The van der Waals surface area contributed by atoms with Crippen molar-refractivity contribution < 1.29 is 9.84 Å². The molecule has 1 saturated carbocycles. The topological polar surface area (TPSA) is 35.9 Å². The first-order chi connectivity index (χ1) is 16.4. The maximum absolute atomic E-state index is 11.8. The molecule has 1 aliphatic carbocycles. The summed E-state index contributed by atoms with van der Waals surface area (Å²) in [5.74, 6) is 0.711. The number of nitrogens with zero attached hydrogens (tertiary/aromatic N) is 2. The molecule has 188 valence electrons. The molecule has 3 rings (SSSR count). The van der Waals surface area contributed by atoms with E-state index < -0.39 is 5.60 Å². The van der Waals surface area contributed by atoms with E-state index in [1.165, 1.54) is 6.42 Å². The van der Waals surface area contributed by atoms with Crippen molar-refractivity contribution >= 4 is 11.6 Å². The van der Waals surface area contributed by atoms with Gasteiger partial charge in [0.1, 0.15) is 12.4 Å². The molecular weight excluding hydrogens is 444 g/mol. The molecule has 5 heteroatoms. The fourth-order valence-corrected chi connectivity index (χ4v) is 5.47. The number of halogens is 1. The van der Waals surface area contributed by atoms with Gasteiger partial charge in [-0.25, -0.2) is 0 Å². The molecule has 34 heavy (non-hydrogen) atoms. The van der Waals surface area contributed by atoms with Crippen LogP contribution in [0.1, 0.15) is 69.4 Å². The van der Waals surface area contributed by atoms with Crippen LogP contribution in [-0.4, -0.2) is 60.3 Å². The number of hydrogen-bond acceptors (Lipinski definition) is 4. The van der Waals surface area contributed by atoms with Gasteiger partial charge in [-0.15, -0.1) is 0 Å². The van der Waals surface area contributed by atoms with Crippen molar-refractivity contribution in [1.29, 1.82) is 0 Å². The molecule has 1 fully saturated rings. The normalized spacial score (nSPS) is 17.6. The van der Waals surface area contributed by atoms with E-state index in [9.17, 15) is 5.11 Å². The Labute approximate surface area is 211 Å². The van der Waals surface area contributed by atoms with Crippen LogP contribution >= 0.6 is 11.6 Å². The molecule has 1 N–H and O–H groups in total. The number of aliphatic hydroxyl groups is 1. The first-order valence-corrected chi connectivity index (χ1v) is 13.3. The lowest BCUT2D eigenvalue weighted by molar-refractivity contribution is -0.0319. The van der Waals surface area contributed by atoms with Gasteiger partial charge in [0.25, 0.3) is 0 Å². The summed E-state index contributed by atoms with van der Waals surface area (Å²) in [6.07, 6.45) is 6.19. The predicted molar refractivity (Wildman–Crippen MR) is 143 cm³/mol. The average molecular weight is 487 g/mol. The van der Waals surface area contributed by atoms with Crippen LogP contribution in [0.4, 0.5) is 0 Å². The van der Waals surface area contributed by atoms with E-state index in [2.05, 4.69) is 43.8 Å². The zero-order chi connectivity index (χ0) is 24.6. The van der Waals surface area contributed by atoms with Gasteiger partial charge in [-0.05, 0) is 63.2 Å². The quantitative estimate of drug-likeness (QED) is 0.378. The number of rotatable bonds is 12. The highest BCUT2D eigenvalue weighted by atomic mass is 35.5. The van der Waals surface area contributed by atoms with Gasteiger partial charge in [-0.1, -0.05) is 81.1 Å². The molecule has 2 aromatic carbocycles. The molecule has 0 aliphatic heterocycles. The fourth-order valence-electron chi connectivity index (χ4n) is 5.23. The molecule has 1 unspecified atom stereocenters. The molecular formula is C29H43ClN2O2. The number of hydrogen-bond donors (Lipinski definition) is 1. The Hall–Kier alpha value is -1.59. The third kappa shape index (κ3) is 7.21. The van der Waals surface area contributed by atoms with E-state index in [-0.39, 0.29) is 5.92 Å². The predicted octanol–water partition coefficient (Wildman–Crippen LogP) is 6.36. The van der Waals surface area contributed by atoms with Crippen LogP contribution in [0, 0.1) is 0 Å². The Morgan fingerprint density at radius 2 is 1.71 bits per heavy atom. The van der Waals surface area contributed by atoms with Crippen molar-refractivity contribution in [2.75, 3.05) is 33.7 Å². The van der Waals surface area contributed by atoms with Crippen LogP contribution in [0.15, 0.2) is 48.5 Å². The van der Waals surface area contributed by atoms with Crippen LogP contribution < -0.4 is 4.74 Å². The van der Waals surface area contributed by atoms with Gasteiger partial charge in [0.05, 0.1) is 10.6 Å². The summed E-state index contributed by atoms with van der Waals surface area (Å²) >= 11 is 6.72. The summed E-state index contributed by atoms with van der Waals surface area (Å²) in [6, 6.07) is 16.7. The average Bonchev–Trinajstić information content (AvgIpc) is 2.84. The van der Waals surface area contributed by atoms with E-state index in [1.54, 1.807) is 0 Å². The Kier molecular flexibility index (Phi) is 10.3. The van der Waals surface area contributed by atoms with Crippen LogP contribution in [0.2, 0.25) is 5.02 Å². The van der Waals surface area contributed by atoms with Gasteiger partial charge >= 0.3 is 0 Å². The second-order valence-electron chi connectivity index (χ2n) is 10.1. The molecule has 0 aromatic heterocycles. The number of benzene rings is 2. The SMILES string of the molecule is CC[C@H](CN(CC)CC(c1ccc(OCc2ccccc2)c(Cl)c1)C1(O)CCCCC1)N(C)C. The molecule has 0 heterocycles. The van der Waals surface area contributed by atoms with E-state index in [0.29, 0.717) is 23.4 Å². The summed E-state index contributed by atoms with van der Waals surface area (Å²) in [5.41, 5.74) is 1.53. The minimum Gasteiger partial charge on any atom is -0.487 e. The van der Waals surface area contributed by atoms with Crippen LogP contribution in [0.5, 0.6) is 5.75 Å². The zero-order valence-electron chi connectivity index (χ0n) is 21.5. The minimum absolute atomic E-state index is 0.0214. The first kappa shape index (κ1) is 27.0. The van der Waals surface area contributed by atoms with E-state index in [1.807, 2.05) is 42.5 Å². The fraction of sp³-hybridized carbons (Fsp3) is 0.586. The lowest BCUT2D eigenvalue weighted by Crippen LogP contribution is -2.47. The second kappa shape index (κ2) is 12.9. The Balaban J connectivity index is 1.81. The van der Waals surface area contributed by atoms with Crippen molar-refractivity contribution in [2.45, 2.75) is 76.5 Å². The van der Waals surface area contributed by atoms with Crippen molar-refractivity contribution in [3.63, 3.8) is 0 Å². The minimum atomic E-state index is -0.693. The Morgan fingerprint density at radius 1 is 1.00 bits per heavy atom. The maximum Gasteiger partial charge on any atom is 0.138 e. The van der Waals surface area contributed by atoms with Crippen LogP contribution in [0.25, 0.3) is 0 Å². The second-order valence-corrected chi connectivity index (χ2v) is 10.5. The van der Waals surface area contributed by atoms with Crippen molar-refractivity contribution in [2.24, 2.45) is 0 Å². The molecule has 0 saturated heterocycles. The molecule has 0 radical (unpaired) electrons. The van der Waals surface area contributed by atoms with Crippen LogP contribution in [0.3, 0.4) is 0 Å². The number of likely N-dealkylation sites (N-methyl/N-ethyl adjacent to an activating group) is 2. The molecule has 2 aromatic rings. The van der Waals surface area contributed by atoms with Crippen LogP contribution in [-0.2, 0) is 6.61 Å². The summed E-state index contributed by atoms with van der Waals surface area (Å²) < 4.78 is 6.01. The van der Waals surface area contributed by atoms with Crippen molar-refractivity contribution in [1.82, 2.24) is 9.80 Å².